The largest absolute Gasteiger partial charge is 0.431 e. The van der Waals surface area contributed by atoms with Gasteiger partial charge in [-0.05, 0) is 44.7 Å². The lowest BCUT2D eigenvalue weighted by Crippen LogP contribution is -2.40. The van der Waals surface area contributed by atoms with Crippen molar-refractivity contribution in [2.75, 3.05) is 11.4 Å². The number of rotatable bonds is 5. The van der Waals surface area contributed by atoms with Gasteiger partial charge in [-0.3, -0.25) is 10.1 Å². The number of pyridine rings is 1. The highest BCUT2D eigenvalue weighted by Crippen LogP contribution is 2.39. The summed E-state index contributed by atoms with van der Waals surface area (Å²) in [5.41, 5.74) is 1.29. The minimum atomic E-state index is -0.449. The molecule has 1 aliphatic heterocycles. The van der Waals surface area contributed by atoms with Crippen LogP contribution in [0.3, 0.4) is 0 Å². The standard InChI is InChI=1S/C21H23N5O3/c1-3-16-8-4-5-12-25(16)20-19(26(27)28)21(23-13-22-20)29-17-9-6-7-15-11-10-14(2)24-18(15)17/h6-7,9-11,13,16H,3-5,8,12H2,1-2H3. The first kappa shape index (κ1) is 19.0. The molecule has 1 aromatic carbocycles. The second-order valence-corrected chi connectivity index (χ2v) is 7.24. The molecule has 0 radical (unpaired) electrons. The molecule has 1 saturated heterocycles. The molecule has 29 heavy (non-hydrogen) atoms. The van der Waals surface area contributed by atoms with Gasteiger partial charge in [-0.2, -0.15) is 4.98 Å². The number of nitrogens with zero attached hydrogens (tertiary/aromatic N) is 5. The number of fused-ring (bicyclic) bond motifs is 1. The first-order chi connectivity index (χ1) is 14.1. The molecule has 8 heteroatoms. The maximum absolute atomic E-state index is 12.0. The average Bonchev–Trinajstić information content (AvgIpc) is 2.73. The van der Waals surface area contributed by atoms with Gasteiger partial charge in [0.05, 0.1) is 4.92 Å². The van der Waals surface area contributed by atoms with E-state index in [-0.39, 0.29) is 17.6 Å². The van der Waals surface area contributed by atoms with Gasteiger partial charge in [-0.15, -0.1) is 0 Å². The second-order valence-electron chi connectivity index (χ2n) is 7.24. The van der Waals surface area contributed by atoms with Gasteiger partial charge in [0.25, 0.3) is 0 Å². The Morgan fingerprint density at radius 3 is 2.90 bits per heavy atom. The Bertz CT molecular complexity index is 1060. The molecule has 150 valence electrons. The van der Waals surface area contributed by atoms with Gasteiger partial charge in [0.2, 0.25) is 5.82 Å². The molecule has 1 unspecified atom stereocenters. The number of benzene rings is 1. The highest BCUT2D eigenvalue weighted by molar-refractivity contribution is 5.85. The Hall–Kier alpha value is -3.29. The van der Waals surface area contributed by atoms with Gasteiger partial charge in [0.15, 0.2) is 5.75 Å². The SMILES string of the molecule is CCC1CCCCN1c1ncnc(Oc2cccc3ccc(C)nc23)c1[N+](=O)[O-]. The van der Waals surface area contributed by atoms with Crippen LogP contribution in [0.15, 0.2) is 36.7 Å². The lowest BCUT2D eigenvalue weighted by atomic mass is 10.00. The summed E-state index contributed by atoms with van der Waals surface area (Å²) >= 11 is 0. The zero-order valence-electron chi connectivity index (χ0n) is 16.5. The Balaban J connectivity index is 1.79. The predicted molar refractivity (Wildman–Crippen MR) is 111 cm³/mol. The molecule has 0 bridgehead atoms. The summed E-state index contributed by atoms with van der Waals surface area (Å²) in [5, 5.41) is 12.9. The van der Waals surface area contributed by atoms with E-state index < -0.39 is 4.92 Å². The molecule has 0 spiro atoms. The fraction of sp³-hybridized carbons (Fsp3) is 0.381. The summed E-state index contributed by atoms with van der Waals surface area (Å²) < 4.78 is 5.96. The number of aromatic nitrogens is 3. The summed E-state index contributed by atoms with van der Waals surface area (Å²) in [6.45, 7) is 4.73. The number of anilines is 1. The van der Waals surface area contributed by atoms with Gasteiger partial charge >= 0.3 is 11.6 Å². The van der Waals surface area contributed by atoms with E-state index in [2.05, 4.69) is 21.9 Å². The van der Waals surface area contributed by atoms with E-state index in [0.717, 1.165) is 43.3 Å². The van der Waals surface area contributed by atoms with Crippen molar-refractivity contribution in [3.63, 3.8) is 0 Å². The van der Waals surface area contributed by atoms with Crippen molar-refractivity contribution in [1.82, 2.24) is 15.0 Å². The van der Waals surface area contributed by atoms with Crippen LogP contribution in [0, 0.1) is 17.0 Å². The first-order valence-electron chi connectivity index (χ1n) is 9.88. The molecule has 1 aliphatic rings. The highest BCUT2D eigenvalue weighted by Gasteiger charge is 2.33. The van der Waals surface area contributed by atoms with E-state index in [0.29, 0.717) is 17.1 Å². The minimum Gasteiger partial charge on any atom is -0.431 e. The van der Waals surface area contributed by atoms with Crippen LogP contribution in [-0.2, 0) is 0 Å². The van der Waals surface area contributed by atoms with E-state index in [9.17, 15) is 10.1 Å². The van der Waals surface area contributed by atoms with E-state index in [1.165, 1.54) is 6.33 Å². The predicted octanol–water partition coefficient (Wildman–Crippen LogP) is 4.80. The number of hydrogen-bond donors (Lipinski definition) is 0. The van der Waals surface area contributed by atoms with Crippen LogP contribution in [0.5, 0.6) is 11.6 Å². The van der Waals surface area contributed by atoms with Gasteiger partial charge in [-0.25, -0.2) is 9.97 Å². The Labute approximate surface area is 168 Å². The lowest BCUT2D eigenvalue weighted by Gasteiger charge is -2.35. The maximum Gasteiger partial charge on any atom is 0.373 e. The van der Waals surface area contributed by atoms with Gasteiger partial charge in [0.1, 0.15) is 11.8 Å². The molecule has 3 heterocycles. The van der Waals surface area contributed by atoms with Crippen LogP contribution in [-0.4, -0.2) is 32.5 Å². The summed E-state index contributed by atoms with van der Waals surface area (Å²) in [5.74, 6) is 0.705. The van der Waals surface area contributed by atoms with E-state index in [1.807, 2.05) is 36.1 Å². The van der Waals surface area contributed by atoms with Crippen LogP contribution >= 0.6 is 0 Å². The third-order valence-corrected chi connectivity index (χ3v) is 5.35. The monoisotopic (exact) mass is 393 g/mol. The number of aryl methyl sites for hydroxylation is 1. The Kier molecular flexibility index (Phi) is 5.24. The Morgan fingerprint density at radius 1 is 1.24 bits per heavy atom. The molecule has 0 amide bonds. The third-order valence-electron chi connectivity index (χ3n) is 5.35. The summed E-state index contributed by atoms with van der Waals surface area (Å²) in [6, 6.07) is 9.60. The van der Waals surface area contributed by atoms with E-state index >= 15 is 0 Å². The zero-order valence-corrected chi connectivity index (χ0v) is 16.5. The van der Waals surface area contributed by atoms with Crippen molar-refractivity contribution < 1.29 is 9.66 Å². The third kappa shape index (κ3) is 3.70. The fourth-order valence-corrected chi connectivity index (χ4v) is 3.91. The van der Waals surface area contributed by atoms with Gasteiger partial charge in [0, 0.05) is 23.7 Å². The van der Waals surface area contributed by atoms with Crippen molar-refractivity contribution >= 4 is 22.4 Å². The smallest absolute Gasteiger partial charge is 0.373 e. The first-order valence-corrected chi connectivity index (χ1v) is 9.88. The lowest BCUT2D eigenvalue weighted by molar-refractivity contribution is -0.385. The number of para-hydroxylation sites is 1. The van der Waals surface area contributed by atoms with Crippen molar-refractivity contribution in [1.29, 1.82) is 0 Å². The maximum atomic E-state index is 12.0. The molecule has 3 aromatic rings. The van der Waals surface area contributed by atoms with Crippen molar-refractivity contribution in [3.8, 4) is 11.6 Å². The number of hydrogen-bond acceptors (Lipinski definition) is 7. The van der Waals surface area contributed by atoms with Crippen LogP contribution in [0.1, 0.15) is 38.3 Å². The number of piperidine rings is 1. The van der Waals surface area contributed by atoms with Gasteiger partial charge in [-0.1, -0.05) is 25.1 Å². The normalized spacial score (nSPS) is 16.8. The van der Waals surface area contributed by atoms with Crippen LogP contribution in [0.2, 0.25) is 0 Å². The molecule has 0 saturated carbocycles. The number of nitro groups is 1. The summed E-state index contributed by atoms with van der Waals surface area (Å²) in [7, 11) is 0. The summed E-state index contributed by atoms with van der Waals surface area (Å²) in [4.78, 5) is 26.5. The molecule has 1 atom stereocenters. The summed E-state index contributed by atoms with van der Waals surface area (Å²) in [6.07, 6.45) is 5.35. The molecule has 4 rings (SSSR count). The molecule has 0 N–H and O–H groups in total. The molecule has 8 nitrogen and oxygen atoms in total. The molecule has 2 aromatic heterocycles. The highest BCUT2D eigenvalue weighted by atomic mass is 16.6. The Morgan fingerprint density at radius 2 is 2.10 bits per heavy atom. The zero-order chi connectivity index (χ0) is 20.4. The van der Waals surface area contributed by atoms with Gasteiger partial charge < -0.3 is 9.64 Å². The fourth-order valence-electron chi connectivity index (χ4n) is 3.91. The molecular formula is C21H23N5O3. The van der Waals surface area contributed by atoms with Crippen molar-refractivity contribution in [3.05, 3.63) is 52.5 Å². The van der Waals surface area contributed by atoms with Crippen molar-refractivity contribution in [2.24, 2.45) is 0 Å². The molecule has 0 aliphatic carbocycles. The molecule has 1 fully saturated rings. The van der Waals surface area contributed by atoms with E-state index in [1.54, 1.807) is 6.07 Å². The second kappa shape index (κ2) is 7.98. The van der Waals surface area contributed by atoms with Crippen LogP contribution in [0.4, 0.5) is 11.5 Å². The van der Waals surface area contributed by atoms with E-state index in [4.69, 9.17) is 4.74 Å². The molecular weight excluding hydrogens is 370 g/mol. The average molecular weight is 393 g/mol. The number of ether oxygens (including phenoxy) is 1. The van der Waals surface area contributed by atoms with Crippen LogP contribution < -0.4 is 9.64 Å². The topological polar surface area (TPSA) is 94.3 Å². The quantitative estimate of drug-likeness (QED) is 0.454. The minimum absolute atomic E-state index is 0.0590. The van der Waals surface area contributed by atoms with Crippen molar-refractivity contribution in [2.45, 2.75) is 45.6 Å². The van der Waals surface area contributed by atoms with Crippen LogP contribution in [0.25, 0.3) is 10.9 Å².